The minimum Gasteiger partial charge on any atom is -0.379 e. The molecule has 0 spiro atoms. The Morgan fingerprint density at radius 3 is 2.33 bits per heavy atom. The van der Waals surface area contributed by atoms with E-state index in [1.807, 2.05) is 6.20 Å². The van der Waals surface area contributed by atoms with E-state index >= 15 is 0 Å². The molecule has 0 radical (unpaired) electrons. The third-order valence-corrected chi connectivity index (χ3v) is 6.42. The molecule has 1 aromatic heterocycles. The van der Waals surface area contributed by atoms with Crippen molar-refractivity contribution in [2.45, 2.75) is 25.9 Å². The van der Waals surface area contributed by atoms with E-state index in [-0.39, 0.29) is 23.2 Å². The number of ketones is 1. The molecule has 12 heteroatoms. The van der Waals surface area contributed by atoms with Crippen LogP contribution in [0.25, 0.3) is 0 Å². The lowest BCUT2D eigenvalue weighted by Gasteiger charge is -2.25. The van der Waals surface area contributed by atoms with Gasteiger partial charge < -0.3 is 14.2 Å². The van der Waals surface area contributed by atoms with Crippen LogP contribution >= 0.6 is 11.6 Å². The Balaban J connectivity index is 1.42. The number of Topliss-reactive ketones (excluding diaryl/α,β-unsaturated/α-hetero) is 1. The quantitative estimate of drug-likeness (QED) is 0.248. The molecule has 0 bridgehead atoms. The number of hydrogen-bond acceptors (Lipinski definition) is 9. The third-order valence-electron chi connectivity index (χ3n) is 4.51. The van der Waals surface area contributed by atoms with Crippen LogP contribution in [0.2, 0.25) is 0 Å². The molecule has 30 heavy (non-hydrogen) atoms. The minimum absolute atomic E-state index is 0.0374. The van der Waals surface area contributed by atoms with E-state index in [0.717, 1.165) is 5.69 Å². The highest BCUT2D eigenvalue weighted by molar-refractivity contribution is 7.91. The standard InChI is InChI=1S/C18H31ClN4O6S/c19-14-18(24)2-1-6-27-8-10-29-11-9-28-7-3-23-16-17(20-21-23)15-22-4-12-30(25,26)13-5-22/h16H,1-15H2. The van der Waals surface area contributed by atoms with Crippen molar-refractivity contribution in [1.82, 2.24) is 19.9 Å². The maximum atomic E-state index is 11.5. The SMILES string of the molecule is O=C(CCl)CCCOCCOCCOCCn1cc(CN2CCS(=O)(=O)CC2)nn1. The predicted octanol–water partition coefficient (Wildman–Crippen LogP) is 0.146. The maximum absolute atomic E-state index is 11.5. The van der Waals surface area contributed by atoms with E-state index in [2.05, 4.69) is 15.2 Å². The third kappa shape index (κ3) is 10.8. The van der Waals surface area contributed by atoms with Crippen LogP contribution in [-0.4, -0.2) is 104 Å². The summed E-state index contributed by atoms with van der Waals surface area (Å²) < 4.78 is 41.0. The molecule has 1 aliphatic rings. The van der Waals surface area contributed by atoms with Crippen LogP contribution in [0.1, 0.15) is 18.5 Å². The fourth-order valence-corrected chi connectivity index (χ4v) is 4.21. The van der Waals surface area contributed by atoms with Crippen LogP contribution < -0.4 is 0 Å². The van der Waals surface area contributed by atoms with Gasteiger partial charge in [0.05, 0.1) is 62.7 Å². The van der Waals surface area contributed by atoms with Gasteiger partial charge in [-0.15, -0.1) is 16.7 Å². The number of halogens is 1. The Morgan fingerprint density at radius 1 is 1.03 bits per heavy atom. The zero-order valence-electron chi connectivity index (χ0n) is 17.2. The van der Waals surface area contributed by atoms with E-state index in [0.29, 0.717) is 78.7 Å². The van der Waals surface area contributed by atoms with Crippen LogP contribution in [-0.2, 0) is 41.9 Å². The van der Waals surface area contributed by atoms with Crippen molar-refractivity contribution in [2.24, 2.45) is 0 Å². The Bertz CT molecular complexity index is 716. The molecule has 0 aliphatic carbocycles. The van der Waals surface area contributed by atoms with Gasteiger partial charge in [-0.25, -0.2) is 13.1 Å². The molecule has 0 aromatic carbocycles. The van der Waals surface area contributed by atoms with Gasteiger partial charge in [0.15, 0.2) is 9.84 Å². The normalized spacial score (nSPS) is 16.7. The van der Waals surface area contributed by atoms with Gasteiger partial charge in [0, 0.05) is 38.9 Å². The van der Waals surface area contributed by atoms with Crippen LogP contribution in [0.4, 0.5) is 0 Å². The fourth-order valence-electron chi connectivity index (χ4n) is 2.80. The van der Waals surface area contributed by atoms with Gasteiger partial charge in [0.25, 0.3) is 0 Å². The highest BCUT2D eigenvalue weighted by Crippen LogP contribution is 2.07. The molecule has 0 unspecified atom stereocenters. The van der Waals surface area contributed by atoms with Gasteiger partial charge in [0.1, 0.15) is 5.78 Å². The molecule has 0 atom stereocenters. The molecule has 0 N–H and O–H groups in total. The Labute approximate surface area is 182 Å². The zero-order valence-corrected chi connectivity index (χ0v) is 18.8. The molecule has 0 amide bonds. The van der Waals surface area contributed by atoms with E-state index in [4.69, 9.17) is 25.8 Å². The van der Waals surface area contributed by atoms with E-state index in [1.165, 1.54) is 0 Å². The molecular weight excluding hydrogens is 436 g/mol. The highest BCUT2D eigenvalue weighted by Gasteiger charge is 2.22. The largest absolute Gasteiger partial charge is 0.379 e. The number of alkyl halides is 1. The first-order chi connectivity index (χ1) is 14.5. The number of ether oxygens (including phenoxy) is 3. The topological polar surface area (TPSA) is 113 Å². The average Bonchev–Trinajstić information content (AvgIpc) is 3.17. The van der Waals surface area contributed by atoms with Crippen LogP contribution in [0, 0.1) is 0 Å². The summed E-state index contributed by atoms with van der Waals surface area (Å²) in [6.45, 7) is 5.23. The van der Waals surface area contributed by atoms with E-state index in [1.54, 1.807) is 4.68 Å². The Hall–Kier alpha value is -1.11. The summed E-state index contributed by atoms with van der Waals surface area (Å²) in [5, 5.41) is 8.21. The van der Waals surface area contributed by atoms with Gasteiger partial charge in [-0.1, -0.05) is 5.21 Å². The first kappa shape index (κ1) is 25.2. The molecule has 0 saturated carbocycles. The number of rotatable bonds is 16. The lowest BCUT2D eigenvalue weighted by Crippen LogP contribution is -2.39. The van der Waals surface area contributed by atoms with Crippen LogP contribution in [0.5, 0.6) is 0 Å². The lowest BCUT2D eigenvalue weighted by atomic mass is 10.2. The monoisotopic (exact) mass is 466 g/mol. The second kappa shape index (κ2) is 14.0. The first-order valence-corrected chi connectivity index (χ1v) is 12.5. The minimum atomic E-state index is -2.87. The lowest BCUT2D eigenvalue weighted by molar-refractivity contribution is -0.117. The van der Waals surface area contributed by atoms with Crippen molar-refractivity contribution < 1.29 is 27.4 Å². The molecule has 172 valence electrons. The molecule has 1 fully saturated rings. The van der Waals surface area contributed by atoms with E-state index < -0.39 is 9.84 Å². The first-order valence-electron chi connectivity index (χ1n) is 10.1. The van der Waals surface area contributed by atoms with Crippen molar-refractivity contribution in [1.29, 1.82) is 0 Å². The molecule has 2 heterocycles. The smallest absolute Gasteiger partial charge is 0.152 e. The average molecular weight is 467 g/mol. The van der Waals surface area contributed by atoms with Gasteiger partial charge >= 0.3 is 0 Å². The molecule has 1 aromatic rings. The van der Waals surface area contributed by atoms with Crippen molar-refractivity contribution in [2.75, 3.05) is 70.1 Å². The number of nitrogens with zero attached hydrogens (tertiary/aromatic N) is 4. The number of sulfone groups is 1. The van der Waals surface area contributed by atoms with E-state index in [9.17, 15) is 13.2 Å². The van der Waals surface area contributed by atoms with Crippen molar-refractivity contribution in [3.63, 3.8) is 0 Å². The molecular formula is C18H31ClN4O6S. The molecule has 1 aliphatic heterocycles. The second-order valence-corrected chi connectivity index (χ2v) is 9.58. The number of hydrogen-bond donors (Lipinski definition) is 0. The van der Waals surface area contributed by atoms with Crippen molar-refractivity contribution in [3.8, 4) is 0 Å². The summed E-state index contributed by atoms with van der Waals surface area (Å²) in [6.07, 6.45) is 2.99. The summed E-state index contributed by atoms with van der Waals surface area (Å²) in [7, 11) is -2.87. The van der Waals surface area contributed by atoms with Gasteiger partial charge in [-0.3, -0.25) is 9.69 Å². The second-order valence-electron chi connectivity index (χ2n) is 7.01. The summed E-state index contributed by atoms with van der Waals surface area (Å²) in [4.78, 5) is 13.1. The fraction of sp³-hybridized carbons (Fsp3) is 0.833. The van der Waals surface area contributed by atoms with Crippen LogP contribution in [0.3, 0.4) is 0 Å². The Kier molecular flexibility index (Phi) is 11.8. The Morgan fingerprint density at radius 2 is 1.67 bits per heavy atom. The number of carbonyl (C=O) groups excluding carboxylic acids is 1. The summed E-state index contributed by atoms with van der Waals surface area (Å²) in [6, 6.07) is 0. The molecule has 2 rings (SSSR count). The molecule has 10 nitrogen and oxygen atoms in total. The summed E-state index contributed by atoms with van der Waals surface area (Å²) >= 11 is 5.42. The summed E-state index contributed by atoms with van der Waals surface area (Å²) in [5.41, 5.74) is 0.824. The van der Waals surface area contributed by atoms with Gasteiger partial charge in [-0.05, 0) is 6.42 Å². The van der Waals surface area contributed by atoms with Crippen molar-refractivity contribution in [3.05, 3.63) is 11.9 Å². The maximum Gasteiger partial charge on any atom is 0.152 e. The molecule has 1 saturated heterocycles. The number of carbonyl (C=O) groups is 1. The van der Waals surface area contributed by atoms with Gasteiger partial charge in [0.2, 0.25) is 0 Å². The summed E-state index contributed by atoms with van der Waals surface area (Å²) in [5.74, 6) is 0.515. The predicted molar refractivity (Wildman–Crippen MR) is 111 cm³/mol. The highest BCUT2D eigenvalue weighted by atomic mass is 35.5. The zero-order chi connectivity index (χ0) is 21.7. The van der Waals surface area contributed by atoms with Gasteiger partial charge in [-0.2, -0.15) is 0 Å². The van der Waals surface area contributed by atoms with Crippen LogP contribution in [0.15, 0.2) is 6.20 Å². The number of aromatic nitrogens is 3. The van der Waals surface area contributed by atoms with Crippen molar-refractivity contribution >= 4 is 27.2 Å².